The quantitative estimate of drug-likeness (QED) is 0.685. The van der Waals surface area contributed by atoms with Crippen molar-refractivity contribution in [1.29, 1.82) is 0 Å². The van der Waals surface area contributed by atoms with Gasteiger partial charge < -0.3 is 0 Å². The van der Waals surface area contributed by atoms with E-state index in [2.05, 4.69) is 10.2 Å². The van der Waals surface area contributed by atoms with Crippen molar-refractivity contribution in [1.82, 2.24) is 10.2 Å². The van der Waals surface area contributed by atoms with Crippen molar-refractivity contribution >= 4 is 11.3 Å². The summed E-state index contributed by atoms with van der Waals surface area (Å²) in [5.74, 6) is -0.213. The van der Waals surface area contributed by atoms with Crippen LogP contribution in [0.4, 0.5) is 4.39 Å². The third kappa shape index (κ3) is 2.47. The van der Waals surface area contributed by atoms with Crippen LogP contribution in [0.1, 0.15) is 11.1 Å². The standard InChI is InChI=1S/C16H13FN2S/c1-10-3-6-12(7-4-10)15-18-19-16(20-15)13-8-5-11(2)14(17)9-13/h3-9H,1-2H3. The van der Waals surface area contributed by atoms with E-state index >= 15 is 0 Å². The Balaban J connectivity index is 1.97. The number of benzene rings is 2. The molecule has 0 fully saturated rings. The molecule has 0 aliphatic heterocycles. The second kappa shape index (κ2) is 5.13. The first-order valence-electron chi connectivity index (χ1n) is 6.30. The molecule has 0 unspecified atom stereocenters. The first-order chi connectivity index (χ1) is 9.63. The summed E-state index contributed by atoms with van der Waals surface area (Å²) in [4.78, 5) is 0. The van der Waals surface area contributed by atoms with Crippen molar-refractivity contribution in [3.8, 4) is 21.1 Å². The summed E-state index contributed by atoms with van der Waals surface area (Å²) in [6.07, 6.45) is 0. The number of aromatic nitrogens is 2. The van der Waals surface area contributed by atoms with Crippen molar-refractivity contribution in [2.24, 2.45) is 0 Å². The summed E-state index contributed by atoms with van der Waals surface area (Å²) in [7, 11) is 0. The third-order valence-corrected chi connectivity index (χ3v) is 4.16. The second-order valence-electron chi connectivity index (χ2n) is 4.74. The Morgan fingerprint density at radius 3 is 2.10 bits per heavy atom. The summed E-state index contributed by atoms with van der Waals surface area (Å²) in [5.41, 5.74) is 3.65. The molecule has 100 valence electrons. The number of nitrogens with zero attached hydrogens (tertiary/aromatic N) is 2. The van der Waals surface area contributed by atoms with Crippen molar-refractivity contribution in [3.63, 3.8) is 0 Å². The zero-order chi connectivity index (χ0) is 14.1. The zero-order valence-corrected chi connectivity index (χ0v) is 12.0. The number of hydrogen-bond acceptors (Lipinski definition) is 3. The predicted octanol–water partition coefficient (Wildman–Crippen LogP) is 4.63. The summed E-state index contributed by atoms with van der Waals surface area (Å²) in [5, 5.41) is 9.93. The molecule has 0 atom stereocenters. The van der Waals surface area contributed by atoms with Gasteiger partial charge in [0, 0.05) is 11.1 Å². The van der Waals surface area contributed by atoms with Crippen molar-refractivity contribution in [3.05, 3.63) is 59.4 Å². The number of hydrogen-bond donors (Lipinski definition) is 0. The smallest absolute Gasteiger partial charge is 0.148 e. The van der Waals surface area contributed by atoms with Gasteiger partial charge in [-0.25, -0.2) is 4.39 Å². The topological polar surface area (TPSA) is 25.8 Å². The first kappa shape index (κ1) is 12.9. The fourth-order valence-corrected chi connectivity index (χ4v) is 2.72. The maximum atomic E-state index is 13.6. The Hall–Kier alpha value is -2.07. The first-order valence-corrected chi connectivity index (χ1v) is 7.12. The van der Waals surface area contributed by atoms with Crippen LogP contribution in [0.3, 0.4) is 0 Å². The molecule has 0 spiro atoms. The predicted molar refractivity (Wildman–Crippen MR) is 80.2 cm³/mol. The molecule has 2 nitrogen and oxygen atoms in total. The lowest BCUT2D eigenvalue weighted by atomic mass is 10.1. The van der Waals surface area contributed by atoms with Gasteiger partial charge in [-0.1, -0.05) is 53.3 Å². The van der Waals surface area contributed by atoms with E-state index in [1.54, 1.807) is 13.0 Å². The van der Waals surface area contributed by atoms with E-state index in [9.17, 15) is 4.39 Å². The summed E-state index contributed by atoms with van der Waals surface area (Å²) < 4.78 is 13.6. The summed E-state index contributed by atoms with van der Waals surface area (Å²) in [6, 6.07) is 13.3. The van der Waals surface area contributed by atoms with Gasteiger partial charge in [-0.2, -0.15) is 0 Å². The molecule has 0 bridgehead atoms. The van der Waals surface area contributed by atoms with Gasteiger partial charge in [0.05, 0.1) is 0 Å². The van der Waals surface area contributed by atoms with Crippen LogP contribution in [0.25, 0.3) is 21.1 Å². The second-order valence-corrected chi connectivity index (χ2v) is 5.72. The summed E-state index contributed by atoms with van der Waals surface area (Å²) >= 11 is 1.47. The van der Waals surface area contributed by atoms with E-state index in [1.807, 2.05) is 37.3 Å². The largest absolute Gasteiger partial charge is 0.207 e. The molecule has 0 aliphatic carbocycles. The van der Waals surface area contributed by atoms with Gasteiger partial charge in [-0.15, -0.1) is 10.2 Å². The van der Waals surface area contributed by atoms with E-state index in [1.165, 1.54) is 23.0 Å². The number of halogens is 1. The van der Waals surface area contributed by atoms with Crippen LogP contribution >= 0.6 is 11.3 Å². The molecular weight excluding hydrogens is 271 g/mol. The van der Waals surface area contributed by atoms with Crippen LogP contribution in [-0.4, -0.2) is 10.2 Å². The molecule has 1 aromatic heterocycles. The average Bonchev–Trinajstić information content (AvgIpc) is 2.92. The average molecular weight is 284 g/mol. The summed E-state index contributed by atoms with van der Waals surface area (Å²) in [6.45, 7) is 3.79. The normalized spacial score (nSPS) is 10.8. The fraction of sp³-hybridized carbons (Fsp3) is 0.125. The van der Waals surface area contributed by atoms with Gasteiger partial charge >= 0.3 is 0 Å². The molecule has 0 saturated carbocycles. The molecule has 20 heavy (non-hydrogen) atoms. The van der Waals surface area contributed by atoms with Crippen LogP contribution in [-0.2, 0) is 0 Å². The molecule has 3 aromatic rings. The van der Waals surface area contributed by atoms with Crippen LogP contribution in [0.5, 0.6) is 0 Å². The van der Waals surface area contributed by atoms with Crippen LogP contribution in [0.2, 0.25) is 0 Å². The SMILES string of the molecule is Cc1ccc(-c2nnc(-c3ccc(C)c(F)c3)s2)cc1. The lowest BCUT2D eigenvalue weighted by Gasteiger charge is -1.98. The van der Waals surface area contributed by atoms with Gasteiger partial charge in [-0.05, 0) is 25.5 Å². The lowest BCUT2D eigenvalue weighted by molar-refractivity contribution is 0.619. The Morgan fingerprint density at radius 2 is 1.45 bits per heavy atom. The van der Waals surface area contributed by atoms with Gasteiger partial charge in [0.2, 0.25) is 0 Å². The van der Waals surface area contributed by atoms with Crippen molar-refractivity contribution < 1.29 is 4.39 Å². The molecular formula is C16H13FN2S. The van der Waals surface area contributed by atoms with Crippen molar-refractivity contribution in [2.75, 3.05) is 0 Å². The van der Waals surface area contributed by atoms with E-state index < -0.39 is 0 Å². The van der Waals surface area contributed by atoms with Crippen molar-refractivity contribution in [2.45, 2.75) is 13.8 Å². The Labute approximate surface area is 120 Å². The highest BCUT2D eigenvalue weighted by atomic mass is 32.1. The van der Waals surface area contributed by atoms with Gasteiger partial charge in [-0.3, -0.25) is 0 Å². The molecule has 0 aliphatic rings. The highest BCUT2D eigenvalue weighted by molar-refractivity contribution is 7.17. The molecule has 0 amide bonds. The maximum Gasteiger partial charge on any atom is 0.148 e. The van der Waals surface area contributed by atoms with E-state index in [0.717, 1.165) is 21.1 Å². The number of aryl methyl sites for hydroxylation is 2. The molecule has 0 radical (unpaired) electrons. The zero-order valence-electron chi connectivity index (χ0n) is 11.2. The van der Waals surface area contributed by atoms with E-state index in [0.29, 0.717) is 5.56 Å². The van der Waals surface area contributed by atoms with Gasteiger partial charge in [0.1, 0.15) is 15.8 Å². The Morgan fingerprint density at radius 1 is 0.850 bits per heavy atom. The van der Waals surface area contributed by atoms with E-state index in [4.69, 9.17) is 0 Å². The minimum atomic E-state index is -0.213. The minimum Gasteiger partial charge on any atom is -0.207 e. The third-order valence-electron chi connectivity index (χ3n) is 3.14. The molecule has 3 rings (SSSR count). The fourth-order valence-electron chi connectivity index (χ4n) is 1.88. The molecule has 2 aromatic carbocycles. The minimum absolute atomic E-state index is 0.213. The highest BCUT2D eigenvalue weighted by Gasteiger charge is 2.10. The van der Waals surface area contributed by atoms with E-state index in [-0.39, 0.29) is 5.82 Å². The molecule has 0 N–H and O–H groups in total. The molecule has 1 heterocycles. The van der Waals surface area contributed by atoms with Gasteiger partial charge in [0.25, 0.3) is 0 Å². The highest BCUT2D eigenvalue weighted by Crippen LogP contribution is 2.30. The Bertz CT molecular complexity index is 747. The van der Waals surface area contributed by atoms with Gasteiger partial charge in [0.15, 0.2) is 0 Å². The van der Waals surface area contributed by atoms with Crippen LogP contribution in [0, 0.1) is 19.7 Å². The lowest BCUT2D eigenvalue weighted by Crippen LogP contribution is -1.83. The monoisotopic (exact) mass is 284 g/mol. The Kier molecular flexibility index (Phi) is 3.32. The number of rotatable bonds is 2. The molecule has 4 heteroatoms. The maximum absolute atomic E-state index is 13.6. The van der Waals surface area contributed by atoms with Crippen LogP contribution < -0.4 is 0 Å². The molecule has 0 saturated heterocycles. The van der Waals surface area contributed by atoms with Crippen LogP contribution in [0.15, 0.2) is 42.5 Å².